The molecule has 2 fully saturated rings. The number of nitrogens with one attached hydrogen (secondary N) is 1. The summed E-state index contributed by atoms with van der Waals surface area (Å²) in [5, 5.41) is 3.22. The average Bonchev–Trinajstić information content (AvgIpc) is 2.59. The van der Waals surface area contributed by atoms with Crippen LogP contribution in [0.4, 0.5) is 0 Å². The lowest BCUT2D eigenvalue weighted by atomic mass is 10.1. The van der Waals surface area contributed by atoms with Crippen molar-refractivity contribution in [3.8, 4) is 0 Å². The van der Waals surface area contributed by atoms with E-state index in [4.69, 9.17) is 0 Å². The largest absolute Gasteiger partial charge is 0.340 e. The molecule has 1 aromatic rings. The molecule has 0 aliphatic carbocycles. The third-order valence-electron chi connectivity index (χ3n) is 4.88. The van der Waals surface area contributed by atoms with Crippen LogP contribution in [-0.2, 0) is 16.1 Å². The van der Waals surface area contributed by atoms with E-state index in [1.807, 2.05) is 34.1 Å². The average molecular weight is 409 g/mol. The molecule has 2 saturated heterocycles. The number of nitrogens with zero attached hydrogens (tertiary/aromatic N) is 3. The Morgan fingerprint density at radius 1 is 1.24 bits per heavy atom. The lowest BCUT2D eigenvalue weighted by Gasteiger charge is -2.36. The van der Waals surface area contributed by atoms with Crippen molar-refractivity contribution in [2.24, 2.45) is 0 Å². The molecule has 0 saturated carbocycles. The predicted molar refractivity (Wildman–Crippen MR) is 100 cm³/mol. The Morgan fingerprint density at radius 3 is 2.72 bits per heavy atom. The molecule has 2 heterocycles. The monoisotopic (exact) mass is 408 g/mol. The minimum Gasteiger partial charge on any atom is -0.340 e. The Balaban J connectivity index is 1.57. The minimum absolute atomic E-state index is 0.0219. The van der Waals surface area contributed by atoms with Crippen molar-refractivity contribution in [3.63, 3.8) is 0 Å². The van der Waals surface area contributed by atoms with Gasteiger partial charge in [-0.3, -0.25) is 9.59 Å². The highest BCUT2D eigenvalue weighted by molar-refractivity contribution is 9.10. The van der Waals surface area contributed by atoms with Crippen LogP contribution in [-0.4, -0.2) is 78.9 Å². The van der Waals surface area contributed by atoms with E-state index in [1.54, 1.807) is 0 Å². The topological polar surface area (TPSA) is 55.9 Å². The van der Waals surface area contributed by atoms with Crippen LogP contribution in [0.1, 0.15) is 12.0 Å². The maximum absolute atomic E-state index is 12.8. The standard InChI is InChI=1S/C18H25BrN4O2/c1-21-7-9-22(10-8-21)17(24)12-16-18(25)23(6-5-20-16)13-14-3-2-4-15(19)11-14/h2-4,11,16,20H,5-10,12-13H2,1H3. The van der Waals surface area contributed by atoms with Gasteiger partial charge in [-0.1, -0.05) is 28.1 Å². The molecule has 7 heteroatoms. The van der Waals surface area contributed by atoms with Gasteiger partial charge in [-0.15, -0.1) is 0 Å². The molecule has 3 rings (SSSR count). The molecular formula is C18H25BrN4O2. The van der Waals surface area contributed by atoms with Gasteiger partial charge in [0.2, 0.25) is 11.8 Å². The van der Waals surface area contributed by atoms with E-state index in [2.05, 4.69) is 33.2 Å². The summed E-state index contributed by atoms with van der Waals surface area (Å²) in [7, 11) is 2.06. The molecule has 1 unspecified atom stereocenters. The summed E-state index contributed by atoms with van der Waals surface area (Å²) >= 11 is 3.47. The van der Waals surface area contributed by atoms with Crippen molar-refractivity contribution in [1.82, 2.24) is 20.0 Å². The zero-order valence-electron chi connectivity index (χ0n) is 14.6. The van der Waals surface area contributed by atoms with Crippen molar-refractivity contribution in [1.29, 1.82) is 0 Å². The SMILES string of the molecule is CN1CCN(C(=O)CC2NCCN(Cc3cccc(Br)c3)C2=O)CC1. The van der Waals surface area contributed by atoms with Gasteiger partial charge in [0.1, 0.15) is 0 Å². The lowest BCUT2D eigenvalue weighted by Crippen LogP contribution is -2.57. The van der Waals surface area contributed by atoms with Gasteiger partial charge in [-0.2, -0.15) is 0 Å². The second kappa shape index (κ2) is 8.29. The fourth-order valence-corrected chi connectivity index (χ4v) is 3.77. The van der Waals surface area contributed by atoms with Gasteiger partial charge in [0.05, 0.1) is 12.5 Å². The zero-order valence-corrected chi connectivity index (χ0v) is 16.2. The smallest absolute Gasteiger partial charge is 0.240 e. The Labute approximate surface area is 157 Å². The van der Waals surface area contributed by atoms with Gasteiger partial charge >= 0.3 is 0 Å². The Kier molecular flexibility index (Phi) is 6.09. The number of likely N-dealkylation sites (N-methyl/N-ethyl adjacent to an activating group) is 1. The van der Waals surface area contributed by atoms with Crippen molar-refractivity contribution >= 4 is 27.7 Å². The van der Waals surface area contributed by atoms with Crippen LogP contribution < -0.4 is 5.32 Å². The first kappa shape index (κ1) is 18.4. The van der Waals surface area contributed by atoms with Gasteiger partial charge in [-0.25, -0.2) is 0 Å². The van der Waals surface area contributed by atoms with Gasteiger partial charge in [0, 0.05) is 50.3 Å². The van der Waals surface area contributed by atoms with Gasteiger partial charge < -0.3 is 20.0 Å². The first-order chi connectivity index (χ1) is 12.0. The zero-order chi connectivity index (χ0) is 17.8. The molecule has 1 N–H and O–H groups in total. The highest BCUT2D eigenvalue weighted by atomic mass is 79.9. The van der Waals surface area contributed by atoms with Crippen molar-refractivity contribution in [2.75, 3.05) is 46.3 Å². The maximum Gasteiger partial charge on any atom is 0.240 e. The lowest BCUT2D eigenvalue weighted by molar-refractivity contribution is -0.142. The summed E-state index contributed by atoms with van der Waals surface area (Å²) in [4.78, 5) is 31.2. The summed E-state index contributed by atoms with van der Waals surface area (Å²) in [6.07, 6.45) is 0.248. The number of carbonyl (C=O) groups is 2. The van der Waals surface area contributed by atoms with E-state index < -0.39 is 6.04 Å². The normalized spacial score (nSPS) is 22.3. The first-order valence-corrected chi connectivity index (χ1v) is 9.55. The number of amides is 2. The molecule has 0 bridgehead atoms. The van der Waals surface area contributed by atoms with Gasteiger partial charge in [0.25, 0.3) is 0 Å². The van der Waals surface area contributed by atoms with Crippen LogP contribution in [0.15, 0.2) is 28.7 Å². The Morgan fingerprint density at radius 2 is 2.00 bits per heavy atom. The van der Waals surface area contributed by atoms with E-state index in [0.29, 0.717) is 13.1 Å². The summed E-state index contributed by atoms with van der Waals surface area (Å²) in [5.74, 6) is 0.0944. The van der Waals surface area contributed by atoms with Crippen LogP contribution in [0.3, 0.4) is 0 Å². The van der Waals surface area contributed by atoms with Crippen LogP contribution in [0.5, 0.6) is 0 Å². The fourth-order valence-electron chi connectivity index (χ4n) is 3.32. The molecular weight excluding hydrogens is 384 g/mol. The van der Waals surface area contributed by atoms with Gasteiger partial charge in [-0.05, 0) is 24.7 Å². The quantitative estimate of drug-likeness (QED) is 0.804. The van der Waals surface area contributed by atoms with E-state index in [-0.39, 0.29) is 18.2 Å². The van der Waals surface area contributed by atoms with E-state index in [1.165, 1.54) is 0 Å². The van der Waals surface area contributed by atoms with E-state index in [0.717, 1.165) is 42.8 Å². The number of piperazine rings is 2. The summed E-state index contributed by atoms with van der Waals surface area (Å²) < 4.78 is 1.01. The maximum atomic E-state index is 12.8. The number of benzene rings is 1. The molecule has 1 atom stereocenters. The molecule has 2 aliphatic heterocycles. The summed E-state index contributed by atoms with van der Waals surface area (Å²) in [6, 6.07) is 7.58. The van der Waals surface area contributed by atoms with Crippen LogP contribution in [0, 0.1) is 0 Å². The van der Waals surface area contributed by atoms with E-state index in [9.17, 15) is 9.59 Å². The number of hydrogen-bond donors (Lipinski definition) is 1. The predicted octanol–water partition coefficient (Wildman–Crippen LogP) is 0.914. The minimum atomic E-state index is -0.409. The number of rotatable bonds is 4. The Bertz CT molecular complexity index is 631. The van der Waals surface area contributed by atoms with Crippen molar-refractivity contribution in [3.05, 3.63) is 34.3 Å². The number of carbonyl (C=O) groups excluding carboxylic acids is 2. The molecule has 0 aromatic heterocycles. The molecule has 25 heavy (non-hydrogen) atoms. The van der Waals surface area contributed by atoms with Crippen LogP contribution >= 0.6 is 15.9 Å². The first-order valence-electron chi connectivity index (χ1n) is 8.76. The van der Waals surface area contributed by atoms with Crippen LogP contribution in [0.2, 0.25) is 0 Å². The molecule has 0 spiro atoms. The fraction of sp³-hybridized carbons (Fsp3) is 0.556. The number of halogens is 1. The van der Waals surface area contributed by atoms with Crippen molar-refractivity contribution in [2.45, 2.75) is 19.0 Å². The van der Waals surface area contributed by atoms with E-state index >= 15 is 0 Å². The molecule has 1 aromatic carbocycles. The van der Waals surface area contributed by atoms with Crippen molar-refractivity contribution < 1.29 is 9.59 Å². The molecule has 136 valence electrons. The highest BCUT2D eigenvalue weighted by Gasteiger charge is 2.32. The molecule has 2 aliphatic rings. The molecule has 2 amide bonds. The summed E-state index contributed by atoms with van der Waals surface area (Å²) in [6.45, 7) is 5.26. The second-order valence-electron chi connectivity index (χ2n) is 6.78. The molecule has 0 radical (unpaired) electrons. The third kappa shape index (κ3) is 4.80. The highest BCUT2D eigenvalue weighted by Crippen LogP contribution is 2.16. The number of hydrogen-bond acceptors (Lipinski definition) is 4. The summed E-state index contributed by atoms with van der Waals surface area (Å²) in [5.41, 5.74) is 1.09. The van der Waals surface area contributed by atoms with Gasteiger partial charge in [0.15, 0.2) is 0 Å². The molecule has 6 nitrogen and oxygen atoms in total. The Hall–Kier alpha value is -1.44. The second-order valence-corrected chi connectivity index (χ2v) is 7.70. The third-order valence-corrected chi connectivity index (χ3v) is 5.37. The van der Waals surface area contributed by atoms with Crippen LogP contribution in [0.25, 0.3) is 0 Å².